The molecule has 0 saturated heterocycles. The zero-order chi connectivity index (χ0) is 15.3. The summed E-state index contributed by atoms with van der Waals surface area (Å²) in [7, 11) is 0. The van der Waals surface area contributed by atoms with Crippen LogP contribution in [0.2, 0.25) is 0 Å². The Bertz CT molecular complexity index is 692. The Balaban J connectivity index is 1.78. The van der Waals surface area contributed by atoms with Crippen LogP contribution in [0.25, 0.3) is 0 Å². The van der Waals surface area contributed by atoms with Crippen LogP contribution in [0.5, 0.6) is 17.2 Å². The summed E-state index contributed by atoms with van der Waals surface area (Å²) >= 11 is 0. The van der Waals surface area contributed by atoms with Gasteiger partial charge in [-0.3, -0.25) is 0 Å². The first-order valence-electron chi connectivity index (χ1n) is 7.90. The molecule has 2 N–H and O–H groups in total. The van der Waals surface area contributed by atoms with Crippen molar-refractivity contribution >= 4 is 0 Å². The van der Waals surface area contributed by atoms with Gasteiger partial charge in [0.05, 0.1) is 0 Å². The van der Waals surface area contributed by atoms with Crippen molar-refractivity contribution < 1.29 is 14.9 Å². The van der Waals surface area contributed by atoms with Gasteiger partial charge >= 0.3 is 0 Å². The van der Waals surface area contributed by atoms with E-state index in [0.29, 0.717) is 23.5 Å². The van der Waals surface area contributed by atoms with E-state index in [0.717, 1.165) is 29.7 Å². The molecule has 2 aromatic carbocycles. The third kappa shape index (κ3) is 2.12. The molecule has 1 fully saturated rings. The lowest BCUT2D eigenvalue weighted by molar-refractivity contribution is 0.103. The topological polar surface area (TPSA) is 49.7 Å². The second kappa shape index (κ2) is 4.94. The summed E-state index contributed by atoms with van der Waals surface area (Å²) in [4.78, 5) is 0. The molecule has 1 aliphatic heterocycles. The predicted molar refractivity (Wildman–Crippen MR) is 84.2 cm³/mol. The number of benzene rings is 2. The lowest BCUT2D eigenvalue weighted by Crippen LogP contribution is -2.26. The summed E-state index contributed by atoms with van der Waals surface area (Å²) in [6, 6.07) is 12.8. The molecule has 0 aromatic heterocycles. The van der Waals surface area contributed by atoms with Crippen LogP contribution in [0.4, 0.5) is 0 Å². The maximum Gasteiger partial charge on any atom is 0.127 e. The van der Waals surface area contributed by atoms with Gasteiger partial charge in [0.2, 0.25) is 0 Å². The first-order chi connectivity index (χ1) is 10.6. The number of hydrogen-bond donors (Lipinski definition) is 2. The highest BCUT2D eigenvalue weighted by atomic mass is 16.5. The standard InChI is InChI=1S/C19H20O3/c1-11-8-15-16-10-14(21)6-7-18(16)22-19(17(15)9-11)12-2-4-13(20)5-3-12/h2-7,10-11,15,17,19-21H,8-9H2,1H3. The summed E-state index contributed by atoms with van der Waals surface area (Å²) in [5, 5.41) is 19.3. The Kier molecular flexibility index (Phi) is 3.03. The van der Waals surface area contributed by atoms with E-state index in [-0.39, 0.29) is 11.9 Å². The van der Waals surface area contributed by atoms with Crippen molar-refractivity contribution in [3.8, 4) is 17.2 Å². The fraction of sp³-hybridized carbons (Fsp3) is 0.368. The first-order valence-corrected chi connectivity index (χ1v) is 7.90. The van der Waals surface area contributed by atoms with E-state index in [1.54, 1.807) is 18.2 Å². The lowest BCUT2D eigenvalue weighted by atomic mass is 9.80. The van der Waals surface area contributed by atoms with Crippen LogP contribution in [0.1, 0.15) is 42.9 Å². The number of aromatic hydroxyl groups is 2. The minimum atomic E-state index is 0.0209. The van der Waals surface area contributed by atoms with Gasteiger partial charge < -0.3 is 14.9 Å². The first kappa shape index (κ1) is 13.5. The molecule has 4 rings (SSSR count). The molecule has 0 bridgehead atoms. The molecule has 2 aromatic rings. The quantitative estimate of drug-likeness (QED) is 0.822. The molecule has 0 spiro atoms. The Morgan fingerprint density at radius 2 is 1.68 bits per heavy atom. The summed E-state index contributed by atoms with van der Waals surface area (Å²) in [5.41, 5.74) is 2.25. The largest absolute Gasteiger partial charge is 0.508 e. The molecule has 22 heavy (non-hydrogen) atoms. The molecule has 114 valence electrons. The van der Waals surface area contributed by atoms with Gasteiger partial charge in [-0.25, -0.2) is 0 Å². The van der Waals surface area contributed by atoms with E-state index in [9.17, 15) is 10.2 Å². The SMILES string of the molecule is CC1CC2c3cc(O)ccc3OC(c3ccc(O)cc3)C2C1. The molecule has 1 aliphatic carbocycles. The van der Waals surface area contributed by atoms with Gasteiger partial charge in [0.25, 0.3) is 0 Å². The highest BCUT2D eigenvalue weighted by molar-refractivity contribution is 5.45. The van der Waals surface area contributed by atoms with E-state index in [2.05, 4.69) is 6.92 Å². The van der Waals surface area contributed by atoms with Crippen molar-refractivity contribution in [2.75, 3.05) is 0 Å². The Labute approximate surface area is 130 Å². The highest BCUT2D eigenvalue weighted by Gasteiger charge is 2.44. The summed E-state index contributed by atoms with van der Waals surface area (Å²) < 4.78 is 6.28. The van der Waals surface area contributed by atoms with Gasteiger partial charge in [-0.2, -0.15) is 0 Å². The molecule has 4 atom stereocenters. The fourth-order valence-corrected chi connectivity index (χ4v) is 4.16. The molecule has 4 unspecified atom stereocenters. The van der Waals surface area contributed by atoms with Gasteiger partial charge in [0, 0.05) is 11.5 Å². The minimum Gasteiger partial charge on any atom is -0.508 e. The van der Waals surface area contributed by atoms with Crippen LogP contribution < -0.4 is 4.74 Å². The molecular formula is C19H20O3. The van der Waals surface area contributed by atoms with E-state index in [1.165, 1.54) is 0 Å². The second-order valence-electron chi connectivity index (χ2n) is 6.70. The van der Waals surface area contributed by atoms with E-state index in [1.807, 2.05) is 24.3 Å². The third-order valence-electron chi connectivity index (χ3n) is 5.10. The van der Waals surface area contributed by atoms with Crippen molar-refractivity contribution in [2.24, 2.45) is 11.8 Å². The van der Waals surface area contributed by atoms with E-state index < -0.39 is 0 Å². The Hall–Kier alpha value is -2.16. The maximum absolute atomic E-state index is 9.80. The molecular weight excluding hydrogens is 276 g/mol. The zero-order valence-electron chi connectivity index (χ0n) is 12.6. The highest BCUT2D eigenvalue weighted by Crippen LogP contribution is 2.55. The molecule has 3 heteroatoms. The number of phenolic OH excluding ortho intramolecular Hbond substituents is 2. The lowest BCUT2D eigenvalue weighted by Gasteiger charge is -2.36. The van der Waals surface area contributed by atoms with Crippen LogP contribution in [-0.4, -0.2) is 10.2 Å². The molecule has 0 radical (unpaired) electrons. The third-order valence-corrected chi connectivity index (χ3v) is 5.10. The van der Waals surface area contributed by atoms with Crippen molar-refractivity contribution in [3.63, 3.8) is 0 Å². The van der Waals surface area contributed by atoms with Crippen LogP contribution in [0.15, 0.2) is 42.5 Å². The van der Waals surface area contributed by atoms with E-state index in [4.69, 9.17) is 4.74 Å². The second-order valence-corrected chi connectivity index (χ2v) is 6.70. The van der Waals surface area contributed by atoms with Crippen LogP contribution in [0.3, 0.4) is 0 Å². The number of phenols is 2. The minimum absolute atomic E-state index is 0.0209. The van der Waals surface area contributed by atoms with Crippen LogP contribution in [0, 0.1) is 11.8 Å². The van der Waals surface area contributed by atoms with E-state index >= 15 is 0 Å². The molecule has 1 saturated carbocycles. The molecule has 0 amide bonds. The van der Waals surface area contributed by atoms with Crippen molar-refractivity contribution in [3.05, 3.63) is 53.6 Å². The summed E-state index contributed by atoms with van der Waals surface area (Å²) in [6.07, 6.45) is 2.29. The number of hydrogen-bond acceptors (Lipinski definition) is 3. The smallest absolute Gasteiger partial charge is 0.127 e. The number of fused-ring (bicyclic) bond motifs is 3. The van der Waals surface area contributed by atoms with Gasteiger partial charge in [-0.15, -0.1) is 0 Å². The zero-order valence-corrected chi connectivity index (χ0v) is 12.6. The number of ether oxygens (including phenoxy) is 1. The van der Waals surface area contributed by atoms with Crippen molar-refractivity contribution in [2.45, 2.75) is 31.8 Å². The van der Waals surface area contributed by atoms with Crippen LogP contribution in [-0.2, 0) is 0 Å². The van der Waals surface area contributed by atoms with Crippen LogP contribution >= 0.6 is 0 Å². The average molecular weight is 296 g/mol. The average Bonchev–Trinajstić information content (AvgIpc) is 2.89. The normalized spacial score (nSPS) is 29.5. The van der Waals surface area contributed by atoms with Gasteiger partial charge in [0.1, 0.15) is 23.4 Å². The number of rotatable bonds is 1. The van der Waals surface area contributed by atoms with Gasteiger partial charge in [0.15, 0.2) is 0 Å². The fourth-order valence-electron chi connectivity index (χ4n) is 4.16. The Morgan fingerprint density at radius 1 is 0.955 bits per heavy atom. The molecule has 1 heterocycles. The van der Waals surface area contributed by atoms with Gasteiger partial charge in [-0.1, -0.05) is 19.1 Å². The predicted octanol–water partition coefficient (Wildman–Crippen LogP) is 4.36. The Morgan fingerprint density at radius 3 is 2.45 bits per heavy atom. The molecule has 3 nitrogen and oxygen atoms in total. The summed E-state index contributed by atoms with van der Waals surface area (Å²) in [5.74, 6) is 2.99. The summed E-state index contributed by atoms with van der Waals surface area (Å²) in [6.45, 7) is 2.29. The monoisotopic (exact) mass is 296 g/mol. The van der Waals surface area contributed by atoms with Crippen molar-refractivity contribution in [1.82, 2.24) is 0 Å². The van der Waals surface area contributed by atoms with Gasteiger partial charge in [-0.05, 0) is 60.6 Å². The van der Waals surface area contributed by atoms with Crippen molar-refractivity contribution in [1.29, 1.82) is 0 Å². The maximum atomic E-state index is 9.80. The molecule has 2 aliphatic rings.